The van der Waals surface area contributed by atoms with Gasteiger partial charge in [0.05, 0.1) is 0 Å². The van der Waals surface area contributed by atoms with Crippen LogP contribution in [0.15, 0.2) is 47.8 Å². The number of thiazole rings is 1. The Morgan fingerprint density at radius 3 is 2.48 bits per heavy atom. The van der Waals surface area contributed by atoms with E-state index in [1.54, 1.807) is 23.6 Å². The molecule has 2 aromatic carbocycles. The fourth-order valence-electron chi connectivity index (χ4n) is 2.83. The van der Waals surface area contributed by atoms with Crippen molar-refractivity contribution in [3.05, 3.63) is 64.7 Å². The molecule has 0 spiro atoms. The van der Waals surface area contributed by atoms with Crippen molar-refractivity contribution in [1.82, 2.24) is 15.8 Å². The summed E-state index contributed by atoms with van der Waals surface area (Å²) in [5.41, 5.74) is 7.58. The van der Waals surface area contributed by atoms with Gasteiger partial charge in [0.2, 0.25) is 0 Å². The SMILES string of the molecule is CCc1ccc(-c2nc(C(=O)NNC(=O)c3ccc4c(c3)OCCO4)cs2)cc1. The van der Waals surface area contributed by atoms with E-state index < -0.39 is 11.8 Å². The van der Waals surface area contributed by atoms with Gasteiger partial charge in [-0.25, -0.2) is 4.98 Å². The number of hydrogen-bond donors (Lipinski definition) is 2. The van der Waals surface area contributed by atoms with Gasteiger partial charge in [0, 0.05) is 16.5 Å². The summed E-state index contributed by atoms with van der Waals surface area (Å²) >= 11 is 1.38. The van der Waals surface area contributed by atoms with Crippen molar-refractivity contribution < 1.29 is 19.1 Å². The number of hydrazine groups is 1. The van der Waals surface area contributed by atoms with Crippen molar-refractivity contribution in [3.63, 3.8) is 0 Å². The van der Waals surface area contributed by atoms with Crippen LogP contribution in [0.1, 0.15) is 33.3 Å². The monoisotopic (exact) mass is 409 g/mol. The van der Waals surface area contributed by atoms with Crippen molar-refractivity contribution in [2.24, 2.45) is 0 Å². The first-order valence-corrected chi connectivity index (χ1v) is 10.1. The van der Waals surface area contributed by atoms with E-state index in [4.69, 9.17) is 9.47 Å². The number of nitrogens with zero attached hydrogens (tertiary/aromatic N) is 1. The molecule has 3 aromatic rings. The summed E-state index contributed by atoms with van der Waals surface area (Å²) in [5, 5.41) is 2.41. The predicted octanol–water partition coefficient (Wildman–Crippen LogP) is 3.22. The zero-order valence-corrected chi connectivity index (χ0v) is 16.5. The highest BCUT2D eigenvalue weighted by Crippen LogP contribution is 2.30. The molecule has 4 rings (SSSR count). The Hall–Kier alpha value is -3.39. The van der Waals surface area contributed by atoms with E-state index in [1.165, 1.54) is 16.9 Å². The van der Waals surface area contributed by atoms with Crippen molar-refractivity contribution in [2.75, 3.05) is 13.2 Å². The van der Waals surface area contributed by atoms with E-state index in [9.17, 15) is 9.59 Å². The van der Waals surface area contributed by atoms with E-state index in [-0.39, 0.29) is 5.69 Å². The Labute approximate surface area is 171 Å². The second-order valence-corrected chi connectivity index (χ2v) is 7.21. The highest BCUT2D eigenvalue weighted by atomic mass is 32.1. The number of benzene rings is 2. The minimum absolute atomic E-state index is 0.243. The van der Waals surface area contributed by atoms with Crippen LogP contribution >= 0.6 is 11.3 Å². The number of nitrogens with one attached hydrogen (secondary N) is 2. The van der Waals surface area contributed by atoms with Gasteiger partial charge in [0.15, 0.2) is 11.5 Å². The second-order valence-electron chi connectivity index (χ2n) is 6.36. The molecule has 0 saturated heterocycles. The molecular weight excluding hydrogens is 390 g/mol. The van der Waals surface area contributed by atoms with Crippen LogP contribution in [0.5, 0.6) is 11.5 Å². The van der Waals surface area contributed by atoms with Crippen molar-refractivity contribution in [2.45, 2.75) is 13.3 Å². The average molecular weight is 409 g/mol. The van der Waals surface area contributed by atoms with E-state index in [2.05, 4.69) is 22.8 Å². The largest absolute Gasteiger partial charge is 0.486 e. The van der Waals surface area contributed by atoms with Crippen LogP contribution in [0.4, 0.5) is 0 Å². The van der Waals surface area contributed by atoms with Crippen LogP contribution in [0, 0.1) is 0 Å². The van der Waals surface area contributed by atoms with Gasteiger partial charge in [-0.3, -0.25) is 20.4 Å². The molecule has 2 heterocycles. The third-order valence-electron chi connectivity index (χ3n) is 4.44. The quantitative estimate of drug-likeness (QED) is 0.646. The second kappa shape index (κ2) is 8.32. The van der Waals surface area contributed by atoms with Gasteiger partial charge >= 0.3 is 0 Å². The van der Waals surface area contributed by atoms with Gasteiger partial charge < -0.3 is 9.47 Å². The number of fused-ring (bicyclic) bond motifs is 1. The fraction of sp³-hybridized carbons (Fsp3) is 0.190. The Morgan fingerprint density at radius 2 is 1.72 bits per heavy atom. The Morgan fingerprint density at radius 1 is 1.00 bits per heavy atom. The maximum absolute atomic E-state index is 12.3. The van der Waals surface area contributed by atoms with Crippen LogP contribution in [-0.4, -0.2) is 30.0 Å². The number of carbonyl (C=O) groups excluding carboxylic acids is 2. The van der Waals surface area contributed by atoms with Gasteiger partial charge in [0.1, 0.15) is 23.9 Å². The minimum atomic E-state index is -0.483. The van der Waals surface area contributed by atoms with Crippen LogP contribution in [0.3, 0.4) is 0 Å². The van der Waals surface area contributed by atoms with Crippen LogP contribution in [0.25, 0.3) is 10.6 Å². The molecule has 7 nitrogen and oxygen atoms in total. The zero-order valence-electron chi connectivity index (χ0n) is 15.7. The molecule has 8 heteroatoms. The third-order valence-corrected chi connectivity index (χ3v) is 5.33. The van der Waals surface area contributed by atoms with Crippen LogP contribution in [-0.2, 0) is 6.42 Å². The molecule has 148 valence electrons. The summed E-state index contributed by atoms with van der Waals surface area (Å²) in [6.45, 7) is 3.01. The molecular formula is C21H19N3O4S. The first-order valence-electron chi connectivity index (χ1n) is 9.19. The summed E-state index contributed by atoms with van der Waals surface area (Å²) in [4.78, 5) is 29.0. The minimum Gasteiger partial charge on any atom is -0.486 e. The molecule has 0 saturated carbocycles. The smallest absolute Gasteiger partial charge is 0.289 e. The molecule has 0 fully saturated rings. The summed E-state index contributed by atoms with van der Waals surface area (Å²) in [6, 6.07) is 12.9. The van der Waals surface area contributed by atoms with Gasteiger partial charge in [-0.1, -0.05) is 31.2 Å². The molecule has 2 N–H and O–H groups in total. The molecule has 1 aliphatic rings. The molecule has 0 bridgehead atoms. The molecule has 0 atom stereocenters. The maximum atomic E-state index is 12.3. The number of rotatable bonds is 4. The van der Waals surface area contributed by atoms with E-state index >= 15 is 0 Å². The first-order chi connectivity index (χ1) is 14.1. The highest BCUT2D eigenvalue weighted by molar-refractivity contribution is 7.13. The molecule has 0 aliphatic carbocycles. The summed E-state index contributed by atoms with van der Waals surface area (Å²) < 4.78 is 10.9. The third kappa shape index (κ3) is 4.22. The van der Waals surface area contributed by atoms with Gasteiger partial charge in [-0.05, 0) is 30.2 Å². The number of ether oxygens (including phenoxy) is 2. The van der Waals surface area contributed by atoms with Gasteiger partial charge in [0.25, 0.3) is 11.8 Å². The van der Waals surface area contributed by atoms with Gasteiger partial charge in [-0.2, -0.15) is 0 Å². The summed E-state index contributed by atoms with van der Waals surface area (Å²) in [6.07, 6.45) is 0.967. The fourth-order valence-corrected chi connectivity index (χ4v) is 3.63. The van der Waals surface area contributed by atoms with Crippen LogP contribution in [0.2, 0.25) is 0 Å². The van der Waals surface area contributed by atoms with E-state index in [0.29, 0.717) is 30.3 Å². The molecule has 0 unspecified atom stereocenters. The Kier molecular flexibility index (Phi) is 5.44. The molecule has 1 aromatic heterocycles. The number of aromatic nitrogens is 1. The Balaban J connectivity index is 1.38. The first kappa shape index (κ1) is 18.9. The number of amides is 2. The molecule has 0 radical (unpaired) electrons. The molecule has 29 heavy (non-hydrogen) atoms. The highest BCUT2D eigenvalue weighted by Gasteiger charge is 2.17. The number of aryl methyl sites for hydroxylation is 1. The van der Waals surface area contributed by atoms with Crippen molar-refractivity contribution in [3.8, 4) is 22.1 Å². The predicted molar refractivity (Wildman–Crippen MR) is 109 cm³/mol. The lowest BCUT2D eigenvalue weighted by atomic mass is 10.1. The molecule has 2 amide bonds. The maximum Gasteiger partial charge on any atom is 0.289 e. The normalized spacial score (nSPS) is 12.3. The number of hydrogen-bond acceptors (Lipinski definition) is 6. The standard InChI is InChI=1S/C21H19N3O4S/c1-2-13-3-5-14(6-4-13)21-22-16(12-29-21)20(26)24-23-19(25)15-7-8-17-18(11-15)28-10-9-27-17/h3-8,11-12H,2,9-10H2,1H3,(H,23,25)(H,24,26). The lowest BCUT2D eigenvalue weighted by molar-refractivity contribution is 0.0844. The van der Waals surface area contributed by atoms with Crippen molar-refractivity contribution in [1.29, 1.82) is 0 Å². The lowest BCUT2D eigenvalue weighted by Crippen LogP contribution is -2.41. The number of carbonyl (C=O) groups is 2. The Bertz CT molecular complexity index is 1050. The van der Waals surface area contributed by atoms with Crippen LogP contribution < -0.4 is 20.3 Å². The topological polar surface area (TPSA) is 89.6 Å². The molecule has 1 aliphatic heterocycles. The lowest BCUT2D eigenvalue weighted by Gasteiger charge is -2.18. The zero-order chi connectivity index (χ0) is 20.2. The summed E-state index contributed by atoms with van der Waals surface area (Å²) in [5.74, 6) is 0.164. The average Bonchev–Trinajstić information content (AvgIpc) is 3.27. The van der Waals surface area contributed by atoms with E-state index in [1.807, 2.05) is 24.3 Å². The summed E-state index contributed by atoms with van der Waals surface area (Å²) in [7, 11) is 0. The van der Waals surface area contributed by atoms with Crippen molar-refractivity contribution >= 4 is 23.2 Å². The van der Waals surface area contributed by atoms with E-state index in [0.717, 1.165) is 17.0 Å². The van der Waals surface area contributed by atoms with Gasteiger partial charge in [-0.15, -0.1) is 11.3 Å².